The Kier molecular flexibility index (Phi) is 10.4. The maximum absolute atomic E-state index is 13.4. The fourth-order valence-corrected chi connectivity index (χ4v) is 5.60. The molecule has 0 saturated heterocycles. The van der Waals surface area contributed by atoms with E-state index in [0.29, 0.717) is 31.0 Å². The molecule has 0 aromatic heterocycles. The average Bonchev–Trinajstić information content (AvgIpc) is 3.38. The van der Waals surface area contributed by atoms with Crippen molar-refractivity contribution in [3.8, 4) is 5.75 Å². The number of nitrogens with zero attached hydrogens (tertiary/aromatic N) is 2. The predicted molar refractivity (Wildman–Crippen MR) is 146 cm³/mol. The molecule has 8 nitrogen and oxygen atoms in total. The van der Waals surface area contributed by atoms with Crippen LogP contribution >= 0.6 is 0 Å². The molecule has 0 radical (unpaired) electrons. The van der Waals surface area contributed by atoms with Crippen LogP contribution in [-0.2, 0) is 26.2 Å². The second kappa shape index (κ2) is 13.5. The zero-order chi connectivity index (χ0) is 26.8. The SMILES string of the molecule is CCOc1ccc(N(CCCC(=O)N(Cc2ccccc2)C(C)C(=O)NC2CCCC2)S(C)(=O)=O)cc1. The van der Waals surface area contributed by atoms with Crippen molar-refractivity contribution in [3.63, 3.8) is 0 Å². The van der Waals surface area contributed by atoms with E-state index >= 15 is 0 Å². The lowest BCUT2D eigenvalue weighted by atomic mass is 10.1. The van der Waals surface area contributed by atoms with E-state index in [4.69, 9.17) is 4.74 Å². The van der Waals surface area contributed by atoms with Gasteiger partial charge in [0.05, 0.1) is 18.6 Å². The van der Waals surface area contributed by atoms with Gasteiger partial charge in [-0.1, -0.05) is 43.2 Å². The Morgan fingerprint density at radius 3 is 2.30 bits per heavy atom. The van der Waals surface area contributed by atoms with E-state index in [0.717, 1.165) is 37.5 Å². The quantitative estimate of drug-likeness (QED) is 0.421. The number of ether oxygens (including phenoxy) is 1. The van der Waals surface area contributed by atoms with Crippen LogP contribution in [0.5, 0.6) is 5.75 Å². The molecule has 2 aromatic carbocycles. The van der Waals surface area contributed by atoms with E-state index in [1.165, 1.54) is 4.31 Å². The Labute approximate surface area is 221 Å². The molecule has 0 aliphatic heterocycles. The van der Waals surface area contributed by atoms with E-state index in [-0.39, 0.29) is 30.8 Å². The topological polar surface area (TPSA) is 96.0 Å². The van der Waals surface area contributed by atoms with Crippen molar-refractivity contribution in [2.75, 3.05) is 23.7 Å². The lowest BCUT2D eigenvalue weighted by Crippen LogP contribution is -2.49. The second-order valence-corrected chi connectivity index (χ2v) is 11.4. The van der Waals surface area contributed by atoms with E-state index in [2.05, 4.69) is 5.32 Å². The van der Waals surface area contributed by atoms with Gasteiger partial charge in [0.2, 0.25) is 21.8 Å². The molecule has 0 heterocycles. The summed E-state index contributed by atoms with van der Waals surface area (Å²) >= 11 is 0. The molecule has 1 N–H and O–H groups in total. The van der Waals surface area contributed by atoms with E-state index in [1.807, 2.05) is 37.3 Å². The van der Waals surface area contributed by atoms with Crippen molar-refractivity contribution < 1.29 is 22.7 Å². The van der Waals surface area contributed by atoms with Crippen molar-refractivity contribution in [2.45, 2.75) is 71.0 Å². The van der Waals surface area contributed by atoms with Crippen molar-refractivity contribution in [1.29, 1.82) is 0 Å². The molecule has 1 saturated carbocycles. The van der Waals surface area contributed by atoms with Crippen LogP contribution in [-0.4, -0.2) is 56.6 Å². The molecule has 202 valence electrons. The van der Waals surface area contributed by atoms with Crippen LogP contribution in [0.15, 0.2) is 54.6 Å². The van der Waals surface area contributed by atoms with Gasteiger partial charge in [-0.15, -0.1) is 0 Å². The summed E-state index contributed by atoms with van der Waals surface area (Å²) in [5.74, 6) is 0.331. The highest BCUT2D eigenvalue weighted by molar-refractivity contribution is 7.92. The van der Waals surface area contributed by atoms with Gasteiger partial charge in [0, 0.05) is 25.6 Å². The summed E-state index contributed by atoms with van der Waals surface area (Å²) < 4.78 is 31.7. The first-order valence-electron chi connectivity index (χ1n) is 13.0. The van der Waals surface area contributed by atoms with Gasteiger partial charge in [-0.25, -0.2) is 8.42 Å². The molecule has 2 aromatic rings. The van der Waals surface area contributed by atoms with Crippen LogP contribution in [0.25, 0.3) is 0 Å². The number of rotatable bonds is 13. The largest absolute Gasteiger partial charge is 0.494 e. The van der Waals surface area contributed by atoms with Gasteiger partial charge in [0.1, 0.15) is 11.8 Å². The zero-order valence-corrected chi connectivity index (χ0v) is 22.9. The Bertz CT molecular complexity index is 1120. The van der Waals surface area contributed by atoms with Crippen LogP contribution in [0.4, 0.5) is 5.69 Å². The fourth-order valence-electron chi connectivity index (χ4n) is 4.63. The van der Waals surface area contributed by atoms with Gasteiger partial charge in [0.25, 0.3) is 0 Å². The molecule has 1 fully saturated rings. The summed E-state index contributed by atoms with van der Waals surface area (Å²) in [4.78, 5) is 28.0. The summed E-state index contributed by atoms with van der Waals surface area (Å²) in [6, 6.07) is 16.0. The number of nitrogens with one attached hydrogen (secondary N) is 1. The summed E-state index contributed by atoms with van der Waals surface area (Å²) in [7, 11) is -3.55. The Morgan fingerprint density at radius 2 is 1.70 bits per heavy atom. The first kappa shape index (κ1) is 28.5. The smallest absolute Gasteiger partial charge is 0.242 e. The minimum Gasteiger partial charge on any atom is -0.494 e. The van der Waals surface area contributed by atoms with Gasteiger partial charge < -0.3 is 15.0 Å². The van der Waals surface area contributed by atoms with Crippen LogP contribution in [0.1, 0.15) is 57.9 Å². The molecule has 3 rings (SSSR count). The van der Waals surface area contributed by atoms with Crippen molar-refractivity contribution in [1.82, 2.24) is 10.2 Å². The normalized spacial score (nSPS) is 14.7. The van der Waals surface area contributed by atoms with Crippen LogP contribution in [0.2, 0.25) is 0 Å². The van der Waals surface area contributed by atoms with Gasteiger partial charge in [-0.3, -0.25) is 13.9 Å². The summed E-state index contributed by atoms with van der Waals surface area (Å²) in [6.45, 7) is 4.63. The predicted octanol–water partition coefficient (Wildman–Crippen LogP) is 4.11. The van der Waals surface area contributed by atoms with E-state index in [1.54, 1.807) is 36.1 Å². The first-order valence-corrected chi connectivity index (χ1v) is 14.9. The minimum atomic E-state index is -3.55. The minimum absolute atomic E-state index is 0.122. The maximum Gasteiger partial charge on any atom is 0.242 e. The van der Waals surface area contributed by atoms with Gasteiger partial charge in [-0.2, -0.15) is 0 Å². The molecule has 1 aliphatic carbocycles. The molecule has 37 heavy (non-hydrogen) atoms. The number of sulfonamides is 1. The maximum atomic E-state index is 13.4. The lowest BCUT2D eigenvalue weighted by molar-refractivity contribution is -0.141. The second-order valence-electron chi connectivity index (χ2n) is 9.54. The fraction of sp³-hybridized carbons (Fsp3) is 0.500. The number of amides is 2. The molecule has 2 amide bonds. The zero-order valence-electron chi connectivity index (χ0n) is 22.1. The molecule has 0 spiro atoms. The average molecular weight is 530 g/mol. The molecule has 1 unspecified atom stereocenters. The lowest BCUT2D eigenvalue weighted by Gasteiger charge is -2.30. The first-order chi connectivity index (χ1) is 17.7. The van der Waals surface area contributed by atoms with E-state index in [9.17, 15) is 18.0 Å². The highest BCUT2D eigenvalue weighted by Crippen LogP contribution is 2.23. The Morgan fingerprint density at radius 1 is 1.05 bits per heavy atom. The number of hydrogen-bond acceptors (Lipinski definition) is 5. The van der Waals surface area contributed by atoms with Gasteiger partial charge >= 0.3 is 0 Å². The Balaban J connectivity index is 1.68. The van der Waals surface area contributed by atoms with Gasteiger partial charge in [0.15, 0.2) is 0 Å². The third-order valence-electron chi connectivity index (χ3n) is 6.65. The third-order valence-corrected chi connectivity index (χ3v) is 7.85. The highest BCUT2D eigenvalue weighted by Gasteiger charge is 2.28. The number of anilines is 1. The molecule has 1 atom stereocenters. The molecular weight excluding hydrogens is 490 g/mol. The highest BCUT2D eigenvalue weighted by atomic mass is 32.2. The molecule has 9 heteroatoms. The summed E-state index contributed by atoms with van der Waals surface area (Å²) in [5, 5.41) is 3.10. The standard InChI is InChI=1S/C28H39N3O5S/c1-4-36-26-18-16-25(17-19-26)31(37(3,34)35)20-10-15-27(32)30(21-23-11-6-5-7-12-23)22(2)28(33)29-24-13-8-9-14-24/h5-7,11-12,16-19,22,24H,4,8-10,13-15,20-21H2,1-3H3,(H,29,33). The van der Waals surface area contributed by atoms with Gasteiger partial charge in [-0.05, 0) is 62.9 Å². The number of hydrogen-bond donors (Lipinski definition) is 1. The van der Waals surface area contributed by atoms with E-state index < -0.39 is 16.1 Å². The monoisotopic (exact) mass is 529 g/mol. The van der Waals surface area contributed by atoms with Crippen molar-refractivity contribution in [2.24, 2.45) is 0 Å². The molecule has 1 aliphatic rings. The summed E-state index contributed by atoms with van der Waals surface area (Å²) in [5.41, 5.74) is 1.45. The molecule has 0 bridgehead atoms. The third kappa shape index (κ3) is 8.49. The van der Waals surface area contributed by atoms with Crippen LogP contribution < -0.4 is 14.4 Å². The van der Waals surface area contributed by atoms with Crippen LogP contribution in [0, 0.1) is 0 Å². The van der Waals surface area contributed by atoms with Crippen LogP contribution in [0.3, 0.4) is 0 Å². The number of carbonyl (C=O) groups is 2. The van der Waals surface area contributed by atoms with Crippen molar-refractivity contribution in [3.05, 3.63) is 60.2 Å². The summed E-state index contributed by atoms with van der Waals surface area (Å²) in [6.07, 6.45) is 5.75. The van der Waals surface area contributed by atoms with Crippen molar-refractivity contribution >= 4 is 27.5 Å². The Hall–Kier alpha value is -3.07. The molecular formula is C28H39N3O5S. The number of carbonyl (C=O) groups excluding carboxylic acids is 2. The number of benzene rings is 2.